The molecule has 182 valence electrons. The SMILES string of the molecule is CCN(CC)CC1CCCCN1CCNC(=O)N1c2cccc(F)c2C(=O)Nc2cccnc21. The van der Waals surface area contributed by atoms with Crippen LogP contribution in [0.2, 0.25) is 0 Å². The van der Waals surface area contributed by atoms with E-state index in [2.05, 4.69) is 39.3 Å². The molecule has 3 amide bonds. The van der Waals surface area contributed by atoms with Gasteiger partial charge in [-0.25, -0.2) is 19.1 Å². The molecule has 1 saturated heterocycles. The second-order valence-electron chi connectivity index (χ2n) is 8.70. The van der Waals surface area contributed by atoms with E-state index in [1.54, 1.807) is 24.4 Å². The number of halogens is 1. The van der Waals surface area contributed by atoms with Crippen LogP contribution in [0.3, 0.4) is 0 Å². The van der Waals surface area contributed by atoms with E-state index in [1.165, 1.54) is 23.5 Å². The molecule has 1 fully saturated rings. The predicted molar refractivity (Wildman–Crippen MR) is 131 cm³/mol. The minimum absolute atomic E-state index is 0.171. The van der Waals surface area contributed by atoms with Gasteiger partial charge in [0.25, 0.3) is 5.91 Å². The van der Waals surface area contributed by atoms with Crippen molar-refractivity contribution in [1.29, 1.82) is 0 Å². The van der Waals surface area contributed by atoms with E-state index in [4.69, 9.17) is 0 Å². The number of urea groups is 1. The number of hydrogen-bond donors (Lipinski definition) is 2. The van der Waals surface area contributed by atoms with Crippen molar-refractivity contribution in [2.24, 2.45) is 0 Å². The van der Waals surface area contributed by atoms with Gasteiger partial charge in [0, 0.05) is 31.9 Å². The van der Waals surface area contributed by atoms with Gasteiger partial charge in [0.05, 0.1) is 16.9 Å². The van der Waals surface area contributed by atoms with E-state index >= 15 is 0 Å². The maximum atomic E-state index is 14.6. The van der Waals surface area contributed by atoms with Crippen LogP contribution < -0.4 is 15.5 Å². The van der Waals surface area contributed by atoms with Gasteiger partial charge < -0.3 is 15.5 Å². The highest BCUT2D eigenvalue weighted by molar-refractivity contribution is 6.16. The first-order valence-electron chi connectivity index (χ1n) is 12.1. The van der Waals surface area contributed by atoms with Gasteiger partial charge in [-0.05, 0) is 56.7 Å². The number of fused-ring (bicyclic) bond motifs is 2. The fraction of sp³-hybridized carbons (Fsp3) is 0.480. The topological polar surface area (TPSA) is 80.8 Å². The molecule has 2 aliphatic rings. The summed E-state index contributed by atoms with van der Waals surface area (Å²) in [7, 11) is 0. The first kappa shape index (κ1) is 24.1. The maximum Gasteiger partial charge on any atom is 0.327 e. The molecule has 3 heterocycles. The van der Waals surface area contributed by atoms with Crippen LogP contribution in [0.4, 0.5) is 26.4 Å². The number of nitrogens with one attached hydrogen (secondary N) is 2. The number of likely N-dealkylation sites (tertiary alicyclic amines) is 1. The Morgan fingerprint density at radius 1 is 1.24 bits per heavy atom. The number of pyridine rings is 1. The Morgan fingerprint density at radius 2 is 2.06 bits per heavy atom. The first-order valence-corrected chi connectivity index (χ1v) is 12.1. The molecule has 34 heavy (non-hydrogen) atoms. The molecule has 1 aromatic heterocycles. The van der Waals surface area contributed by atoms with Gasteiger partial charge in [-0.15, -0.1) is 0 Å². The van der Waals surface area contributed by atoms with Crippen LogP contribution in [-0.2, 0) is 0 Å². The Kier molecular flexibility index (Phi) is 7.74. The fourth-order valence-corrected chi connectivity index (χ4v) is 4.83. The molecule has 0 spiro atoms. The molecule has 0 radical (unpaired) electrons. The van der Waals surface area contributed by atoms with Crippen molar-refractivity contribution in [3.63, 3.8) is 0 Å². The molecular weight excluding hydrogens is 435 g/mol. The number of benzene rings is 1. The zero-order chi connectivity index (χ0) is 24.1. The minimum Gasteiger partial charge on any atom is -0.336 e. The molecule has 0 bridgehead atoms. The molecule has 1 unspecified atom stereocenters. The highest BCUT2D eigenvalue weighted by atomic mass is 19.1. The zero-order valence-electron chi connectivity index (χ0n) is 19.9. The van der Waals surface area contributed by atoms with Crippen LogP contribution >= 0.6 is 0 Å². The maximum absolute atomic E-state index is 14.6. The van der Waals surface area contributed by atoms with Crippen molar-refractivity contribution in [1.82, 2.24) is 20.1 Å². The number of piperidine rings is 1. The van der Waals surface area contributed by atoms with Gasteiger partial charge in [0.1, 0.15) is 5.82 Å². The third kappa shape index (κ3) is 5.05. The van der Waals surface area contributed by atoms with Crippen molar-refractivity contribution in [3.05, 3.63) is 47.9 Å². The molecule has 2 aromatic rings. The van der Waals surface area contributed by atoms with Crippen LogP contribution in [0.5, 0.6) is 0 Å². The first-order chi connectivity index (χ1) is 16.5. The summed E-state index contributed by atoms with van der Waals surface area (Å²) in [6.07, 6.45) is 5.09. The lowest BCUT2D eigenvalue weighted by atomic mass is 10.0. The standard InChI is InChI=1S/C25H33FN6O2/c1-3-30(4-2)17-18-9-5-6-15-31(18)16-14-28-25(34)32-21-12-7-10-19(26)22(21)24(33)29-20-11-8-13-27-23(20)32/h7-8,10-13,18H,3-6,9,14-17H2,1-2H3,(H,28,34)(H,29,33). The minimum atomic E-state index is -0.687. The predicted octanol–water partition coefficient (Wildman–Crippen LogP) is 3.83. The van der Waals surface area contributed by atoms with E-state index in [9.17, 15) is 14.0 Å². The number of rotatable bonds is 7. The molecular formula is C25H33FN6O2. The molecule has 2 aliphatic heterocycles. The summed E-state index contributed by atoms with van der Waals surface area (Å²) in [6, 6.07) is 7.60. The Hall–Kier alpha value is -3.04. The number of nitrogens with zero attached hydrogens (tertiary/aromatic N) is 4. The zero-order valence-corrected chi connectivity index (χ0v) is 19.9. The smallest absolute Gasteiger partial charge is 0.327 e. The van der Waals surface area contributed by atoms with Crippen LogP contribution in [0.15, 0.2) is 36.5 Å². The number of likely N-dealkylation sites (N-methyl/N-ethyl adjacent to an activating group) is 1. The van der Waals surface area contributed by atoms with Crippen molar-refractivity contribution in [2.75, 3.05) is 49.5 Å². The van der Waals surface area contributed by atoms with Gasteiger partial charge in [-0.1, -0.05) is 26.3 Å². The van der Waals surface area contributed by atoms with Crippen molar-refractivity contribution < 1.29 is 14.0 Å². The number of amides is 3. The van der Waals surface area contributed by atoms with Gasteiger partial charge in [-0.3, -0.25) is 9.69 Å². The lowest BCUT2D eigenvalue weighted by Crippen LogP contribution is -2.50. The van der Waals surface area contributed by atoms with Crippen LogP contribution in [-0.4, -0.2) is 72.0 Å². The summed E-state index contributed by atoms with van der Waals surface area (Å²) >= 11 is 0. The highest BCUT2D eigenvalue weighted by Gasteiger charge is 2.32. The third-order valence-corrected chi connectivity index (χ3v) is 6.70. The molecule has 0 aliphatic carbocycles. The van der Waals surface area contributed by atoms with E-state index < -0.39 is 17.8 Å². The summed E-state index contributed by atoms with van der Waals surface area (Å²) < 4.78 is 14.6. The second kappa shape index (κ2) is 10.9. The summed E-state index contributed by atoms with van der Waals surface area (Å²) in [5.74, 6) is -1.03. The summed E-state index contributed by atoms with van der Waals surface area (Å²) in [5.41, 5.74) is 0.351. The molecule has 1 aromatic carbocycles. The van der Waals surface area contributed by atoms with Gasteiger partial charge in [0.15, 0.2) is 5.82 Å². The summed E-state index contributed by atoms with van der Waals surface area (Å²) in [4.78, 5) is 36.6. The molecule has 4 rings (SSSR count). The molecule has 9 heteroatoms. The number of anilines is 3. The molecule has 0 saturated carbocycles. The average molecular weight is 469 g/mol. The Balaban J connectivity index is 1.50. The average Bonchev–Trinajstić information content (AvgIpc) is 2.97. The van der Waals surface area contributed by atoms with E-state index in [1.807, 2.05) is 0 Å². The van der Waals surface area contributed by atoms with Gasteiger partial charge in [-0.2, -0.15) is 0 Å². The van der Waals surface area contributed by atoms with Crippen LogP contribution in [0.25, 0.3) is 0 Å². The molecule has 2 N–H and O–H groups in total. The quantitative estimate of drug-likeness (QED) is 0.646. The van der Waals surface area contributed by atoms with E-state index in [0.29, 0.717) is 18.3 Å². The second-order valence-corrected chi connectivity index (χ2v) is 8.70. The Bertz CT molecular complexity index is 1030. The summed E-state index contributed by atoms with van der Waals surface area (Å²) in [5, 5.41) is 5.65. The Morgan fingerprint density at radius 3 is 2.85 bits per heavy atom. The van der Waals surface area contributed by atoms with Crippen LogP contribution in [0.1, 0.15) is 43.5 Å². The number of aromatic nitrogens is 1. The largest absolute Gasteiger partial charge is 0.336 e. The van der Waals surface area contributed by atoms with Crippen molar-refractivity contribution in [2.45, 2.75) is 39.2 Å². The number of carbonyl (C=O) groups is 2. The van der Waals surface area contributed by atoms with Gasteiger partial charge >= 0.3 is 6.03 Å². The lowest BCUT2D eigenvalue weighted by molar-refractivity contribution is 0.102. The normalized spacial score (nSPS) is 18.2. The van der Waals surface area contributed by atoms with Crippen molar-refractivity contribution >= 4 is 29.1 Å². The van der Waals surface area contributed by atoms with E-state index in [-0.39, 0.29) is 17.1 Å². The monoisotopic (exact) mass is 468 g/mol. The van der Waals surface area contributed by atoms with Gasteiger partial charge in [0.2, 0.25) is 0 Å². The highest BCUT2D eigenvalue weighted by Crippen LogP contribution is 2.37. The lowest BCUT2D eigenvalue weighted by Gasteiger charge is -2.38. The third-order valence-electron chi connectivity index (χ3n) is 6.70. The Labute approximate surface area is 200 Å². The summed E-state index contributed by atoms with van der Waals surface area (Å²) in [6.45, 7) is 9.65. The van der Waals surface area contributed by atoms with Crippen molar-refractivity contribution in [3.8, 4) is 0 Å². The number of carbonyl (C=O) groups excluding carboxylic acids is 2. The fourth-order valence-electron chi connectivity index (χ4n) is 4.83. The molecule has 1 atom stereocenters. The molecule has 8 nitrogen and oxygen atoms in total. The van der Waals surface area contributed by atoms with Crippen LogP contribution in [0, 0.1) is 5.82 Å². The van der Waals surface area contributed by atoms with E-state index in [0.717, 1.165) is 45.6 Å². The number of hydrogen-bond acceptors (Lipinski definition) is 5.